The molecule has 2 nitrogen and oxygen atoms in total. The van der Waals surface area contributed by atoms with Crippen molar-refractivity contribution in [2.24, 2.45) is 0 Å². The molecule has 0 aliphatic carbocycles. The summed E-state index contributed by atoms with van der Waals surface area (Å²) in [6.45, 7) is 2.11. The van der Waals surface area contributed by atoms with Gasteiger partial charge in [0.1, 0.15) is 0 Å². The van der Waals surface area contributed by atoms with Crippen molar-refractivity contribution in [1.29, 1.82) is 0 Å². The Morgan fingerprint density at radius 1 is 1.22 bits per heavy atom. The first kappa shape index (κ1) is 13.8. The number of H-pyrrole nitrogens is 1. The molecular weight excluding hydrogens is 260 g/mol. The van der Waals surface area contributed by atoms with Crippen LogP contribution in [0.15, 0.2) is 23.4 Å². The van der Waals surface area contributed by atoms with Crippen LogP contribution in [0.3, 0.4) is 0 Å². The average molecular weight is 280 g/mol. The van der Waals surface area contributed by atoms with E-state index in [2.05, 4.69) is 47.7 Å². The molecule has 1 N–H and O–H groups in total. The van der Waals surface area contributed by atoms with Crippen LogP contribution in [0, 0.1) is 6.92 Å². The van der Waals surface area contributed by atoms with Crippen LogP contribution in [0.5, 0.6) is 0 Å². The van der Waals surface area contributed by atoms with E-state index in [9.17, 15) is 0 Å². The second-order valence-corrected chi connectivity index (χ2v) is 6.08. The molecule has 2 aromatic rings. The summed E-state index contributed by atoms with van der Waals surface area (Å²) in [7, 11) is 0. The van der Waals surface area contributed by atoms with Crippen LogP contribution in [-0.2, 0) is 0 Å². The first-order valence-corrected chi connectivity index (χ1v) is 8.11. The minimum atomic E-state index is 1.01. The fourth-order valence-corrected chi connectivity index (χ4v) is 3.02. The van der Waals surface area contributed by atoms with Crippen molar-refractivity contribution in [2.45, 2.75) is 37.8 Å². The number of thioether (sulfide) groups is 1. The summed E-state index contributed by atoms with van der Waals surface area (Å²) < 4.78 is 0. The lowest BCUT2D eigenvalue weighted by molar-refractivity contribution is 0.711. The molecule has 0 fully saturated rings. The summed E-state index contributed by atoms with van der Waals surface area (Å²) >= 11 is 6.04. The van der Waals surface area contributed by atoms with Crippen molar-refractivity contribution < 1.29 is 0 Å². The third-order valence-electron chi connectivity index (χ3n) is 2.91. The molecule has 1 aromatic heterocycles. The van der Waals surface area contributed by atoms with Crippen molar-refractivity contribution in [2.75, 3.05) is 11.5 Å². The number of benzene rings is 1. The van der Waals surface area contributed by atoms with Gasteiger partial charge in [-0.05, 0) is 43.2 Å². The van der Waals surface area contributed by atoms with Gasteiger partial charge in [-0.3, -0.25) is 0 Å². The highest BCUT2D eigenvalue weighted by molar-refractivity contribution is 7.99. The molecule has 0 amide bonds. The average Bonchev–Trinajstić information content (AvgIpc) is 2.75. The predicted octanol–water partition coefficient (Wildman–Crippen LogP) is 4.45. The van der Waals surface area contributed by atoms with Gasteiger partial charge in [-0.1, -0.05) is 30.7 Å². The SMILES string of the molecule is Cc1ccc2nc(SCCCCCCS)[nH]c2c1. The normalized spacial score (nSPS) is 11.2. The van der Waals surface area contributed by atoms with Crippen LogP contribution in [-0.4, -0.2) is 21.5 Å². The van der Waals surface area contributed by atoms with Gasteiger partial charge in [0, 0.05) is 5.75 Å². The van der Waals surface area contributed by atoms with Crippen LogP contribution in [0.2, 0.25) is 0 Å². The van der Waals surface area contributed by atoms with Crippen LogP contribution in [0.1, 0.15) is 31.2 Å². The van der Waals surface area contributed by atoms with Crippen LogP contribution in [0.25, 0.3) is 11.0 Å². The fraction of sp³-hybridized carbons (Fsp3) is 0.500. The Kier molecular flexibility index (Phi) is 5.45. The quantitative estimate of drug-likeness (QED) is 0.445. The molecule has 1 aromatic carbocycles. The predicted molar refractivity (Wildman–Crippen MR) is 83.9 cm³/mol. The van der Waals surface area contributed by atoms with Crippen molar-refractivity contribution in [1.82, 2.24) is 9.97 Å². The van der Waals surface area contributed by atoms with E-state index >= 15 is 0 Å². The highest BCUT2D eigenvalue weighted by atomic mass is 32.2. The number of unbranched alkanes of at least 4 members (excludes halogenated alkanes) is 3. The molecule has 1 heterocycles. The van der Waals surface area contributed by atoms with Crippen molar-refractivity contribution in [3.63, 3.8) is 0 Å². The summed E-state index contributed by atoms with van der Waals surface area (Å²) in [6, 6.07) is 6.34. The Morgan fingerprint density at radius 2 is 2.06 bits per heavy atom. The van der Waals surface area contributed by atoms with E-state index in [0.717, 1.165) is 27.7 Å². The monoisotopic (exact) mass is 280 g/mol. The number of fused-ring (bicyclic) bond motifs is 1. The van der Waals surface area contributed by atoms with Crippen molar-refractivity contribution in [3.05, 3.63) is 23.8 Å². The smallest absolute Gasteiger partial charge is 0.166 e. The van der Waals surface area contributed by atoms with Crippen molar-refractivity contribution in [3.8, 4) is 0 Å². The summed E-state index contributed by atoms with van der Waals surface area (Å²) in [6.07, 6.45) is 5.09. The highest BCUT2D eigenvalue weighted by Crippen LogP contribution is 2.21. The lowest BCUT2D eigenvalue weighted by Gasteiger charge is -1.98. The van der Waals surface area contributed by atoms with E-state index in [4.69, 9.17) is 0 Å². The molecule has 0 saturated carbocycles. The van der Waals surface area contributed by atoms with Gasteiger partial charge in [0.2, 0.25) is 0 Å². The van der Waals surface area contributed by atoms with E-state index < -0.39 is 0 Å². The third kappa shape index (κ3) is 3.95. The number of hydrogen-bond donors (Lipinski definition) is 2. The molecule has 4 heteroatoms. The van der Waals surface area contributed by atoms with Gasteiger partial charge in [0.05, 0.1) is 11.0 Å². The van der Waals surface area contributed by atoms with Crippen molar-refractivity contribution >= 4 is 35.4 Å². The van der Waals surface area contributed by atoms with Gasteiger partial charge in [-0.2, -0.15) is 12.6 Å². The Bertz CT molecular complexity index is 493. The van der Waals surface area contributed by atoms with Gasteiger partial charge in [0.15, 0.2) is 5.16 Å². The van der Waals surface area contributed by atoms with E-state index in [-0.39, 0.29) is 0 Å². The number of rotatable bonds is 7. The minimum Gasteiger partial charge on any atom is -0.333 e. The molecule has 0 spiro atoms. The van der Waals surface area contributed by atoms with Crippen LogP contribution in [0.4, 0.5) is 0 Å². The van der Waals surface area contributed by atoms with E-state index in [0.29, 0.717) is 0 Å². The molecule has 0 aliphatic heterocycles. The number of nitrogens with zero attached hydrogens (tertiary/aromatic N) is 1. The molecule has 0 unspecified atom stereocenters. The maximum absolute atomic E-state index is 4.58. The number of hydrogen-bond acceptors (Lipinski definition) is 3. The fourth-order valence-electron chi connectivity index (χ4n) is 1.90. The maximum Gasteiger partial charge on any atom is 0.166 e. The molecule has 0 radical (unpaired) electrons. The largest absolute Gasteiger partial charge is 0.333 e. The summed E-state index contributed by atoms with van der Waals surface area (Å²) in [5.74, 6) is 2.15. The standard InChI is InChI=1S/C14H20N2S2/c1-11-6-7-12-13(10-11)16-14(15-12)18-9-5-3-2-4-8-17/h6-7,10,17H,2-5,8-9H2,1H3,(H,15,16). The molecule has 98 valence electrons. The number of aromatic nitrogens is 2. The summed E-state index contributed by atoms with van der Waals surface area (Å²) in [5.41, 5.74) is 3.49. The Balaban J connectivity index is 1.81. The van der Waals surface area contributed by atoms with Gasteiger partial charge < -0.3 is 4.98 Å². The second-order valence-electron chi connectivity index (χ2n) is 4.55. The lowest BCUT2D eigenvalue weighted by atomic mass is 10.2. The first-order chi connectivity index (χ1) is 8.79. The van der Waals surface area contributed by atoms with Gasteiger partial charge in [0.25, 0.3) is 0 Å². The zero-order chi connectivity index (χ0) is 12.8. The van der Waals surface area contributed by atoms with Gasteiger partial charge in [-0.15, -0.1) is 0 Å². The number of imidazole rings is 1. The lowest BCUT2D eigenvalue weighted by Crippen LogP contribution is -1.84. The van der Waals surface area contributed by atoms with Gasteiger partial charge in [-0.25, -0.2) is 4.98 Å². The molecule has 18 heavy (non-hydrogen) atoms. The molecular formula is C14H20N2S2. The number of thiol groups is 1. The molecule has 2 rings (SSSR count). The second kappa shape index (κ2) is 7.10. The third-order valence-corrected chi connectivity index (χ3v) is 4.18. The van der Waals surface area contributed by atoms with Gasteiger partial charge >= 0.3 is 0 Å². The molecule has 0 atom stereocenters. The topological polar surface area (TPSA) is 28.7 Å². The highest BCUT2D eigenvalue weighted by Gasteiger charge is 2.02. The van der Waals surface area contributed by atoms with E-state index in [1.165, 1.54) is 31.2 Å². The summed E-state index contributed by atoms with van der Waals surface area (Å²) in [5, 5.41) is 1.05. The number of nitrogens with one attached hydrogen (secondary N) is 1. The zero-order valence-electron chi connectivity index (χ0n) is 10.8. The molecule has 0 aliphatic rings. The Morgan fingerprint density at radius 3 is 2.89 bits per heavy atom. The molecule has 0 bridgehead atoms. The number of aromatic amines is 1. The van der Waals surface area contributed by atoms with E-state index in [1.54, 1.807) is 0 Å². The Labute approximate surface area is 118 Å². The van der Waals surface area contributed by atoms with Crippen LogP contribution < -0.4 is 0 Å². The minimum absolute atomic E-state index is 1.01. The first-order valence-electron chi connectivity index (χ1n) is 6.49. The number of aryl methyl sites for hydroxylation is 1. The summed E-state index contributed by atoms with van der Waals surface area (Å²) in [4.78, 5) is 7.96. The van der Waals surface area contributed by atoms with E-state index in [1.807, 2.05) is 11.8 Å². The zero-order valence-corrected chi connectivity index (χ0v) is 12.5. The maximum atomic E-state index is 4.58. The van der Waals surface area contributed by atoms with Crippen LogP contribution >= 0.6 is 24.4 Å². The molecule has 0 saturated heterocycles. The Hall–Kier alpha value is -0.610.